The van der Waals surface area contributed by atoms with Crippen LogP contribution in [0.5, 0.6) is 0 Å². The molecule has 0 atom stereocenters. The Balaban J connectivity index is 1.77. The molecule has 2 aliphatic rings. The molecule has 0 aromatic rings. The molecule has 14 heavy (non-hydrogen) atoms. The molecule has 0 N–H and O–H groups in total. The van der Waals surface area contributed by atoms with Crippen LogP contribution in [0.25, 0.3) is 0 Å². The molecule has 0 amide bonds. The van der Waals surface area contributed by atoms with Gasteiger partial charge in [0.25, 0.3) is 0 Å². The van der Waals surface area contributed by atoms with Crippen molar-refractivity contribution < 1.29 is 0 Å². The lowest BCUT2D eigenvalue weighted by Crippen LogP contribution is -2.36. The highest BCUT2D eigenvalue weighted by Gasteiger charge is 2.28. The Hall–Kier alpha value is -0.0400. The Labute approximate surface area is 88.9 Å². The first-order chi connectivity index (χ1) is 6.77. The third-order valence-electron chi connectivity index (χ3n) is 4.34. The van der Waals surface area contributed by atoms with Gasteiger partial charge in [-0.25, -0.2) is 0 Å². The summed E-state index contributed by atoms with van der Waals surface area (Å²) < 4.78 is 0. The summed E-state index contributed by atoms with van der Waals surface area (Å²) in [5.74, 6) is 1.93. The van der Waals surface area contributed by atoms with Crippen LogP contribution in [0.2, 0.25) is 0 Å². The fourth-order valence-corrected chi connectivity index (χ4v) is 3.24. The number of nitrogens with zero attached hydrogens (tertiary/aromatic N) is 1. The van der Waals surface area contributed by atoms with Crippen molar-refractivity contribution in [2.75, 3.05) is 13.1 Å². The van der Waals surface area contributed by atoms with Crippen LogP contribution in [-0.2, 0) is 0 Å². The van der Waals surface area contributed by atoms with E-state index in [1.165, 1.54) is 51.6 Å². The number of rotatable bonds is 2. The molecule has 1 heterocycles. The van der Waals surface area contributed by atoms with E-state index >= 15 is 0 Å². The fourth-order valence-electron chi connectivity index (χ4n) is 3.24. The molecule has 1 aliphatic heterocycles. The van der Waals surface area contributed by atoms with E-state index in [0.717, 1.165) is 17.9 Å². The Kier molecular flexibility index (Phi) is 3.48. The van der Waals surface area contributed by atoms with Crippen LogP contribution in [0.4, 0.5) is 0 Å². The van der Waals surface area contributed by atoms with E-state index in [9.17, 15) is 0 Å². The molecule has 0 bridgehead atoms. The maximum atomic E-state index is 2.75. The topological polar surface area (TPSA) is 3.24 Å². The van der Waals surface area contributed by atoms with E-state index in [1.807, 2.05) is 0 Å². The van der Waals surface area contributed by atoms with Crippen LogP contribution >= 0.6 is 0 Å². The first kappa shape index (κ1) is 10.5. The Morgan fingerprint density at radius 1 is 0.929 bits per heavy atom. The van der Waals surface area contributed by atoms with Gasteiger partial charge in [0.05, 0.1) is 0 Å². The molecule has 2 rings (SSSR count). The molecule has 82 valence electrons. The smallest absolute Gasteiger partial charge is 0.00954 e. The van der Waals surface area contributed by atoms with Crippen molar-refractivity contribution in [3.8, 4) is 0 Å². The zero-order valence-electron chi connectivity index (χ0n) is 9.84. The van der Waals surface area contributed by atoms with E-state index < -0.39 is 0 Å². The zero-order valence-corrected chi connectivity index (χ0v) is 9.84. The Bertz CT molecular complexity index is 162. The van der Waals surface area contributed by atoms with Crippen molar-refractivity contribution in [3.63, 3.8) is 0 Å². The van der Waals surface area contributed by atoms with Gasteiger partial charge in [-0.15, -0.1) is 0 Å². The molecule has 0 spiro atoms. The van der Waals surface area contributed by atoms with Gasteiger partial charge in [-0.05, 0) is 63.5 Å². The second-order valence-electron chi connectivity index (χ2n) is 5.56. The lowest BCUT2D eigenvalue weighted by Gasteiger charge is -2.35. The minimum atomic E-state index is 0.912. The average Bonchev–Trinajstić information content (AvgIpc) is 2.71. The van der Waals surface area contributed by atoms with Gasteiger partial charge in [-0.3, -0.25) is 0 Å². The summed E-state index contributed by atoms with van der Waals surface area (Å²) in [7, 11) is 0. The van der Waals surface area contributed by atoms with Gasteiger partial charge in [0.1, 0.15) is 0 Å². The predicted molar refractivity (Wildman–Crippen MR) is 61.4 cm³/mol. The molecule has 1 saturated heterocycles. The second-order valence-corrected chi connectivity index (χ2v) is 5.56. The van der Waals surface area contributed by atoms with Crippen molar-refractivity contribution >= 4 is 0 Å². The average molecular weight is 195 g/mol. The van der Waals surface area contributed by atoms with Crippen molar-refractivity contribution in [1.29, 1.82) is 0 Å². The van der Waals surface area contributed by atoms with Gasteiger partial charge in [0.2, 0.25) is 0 Å². The molecule has 0 unspecified atom stereocenters. The molecule has 1 aliphatic carbocycles. The summed E-state index contributed by atoms with van der Waals surface area (Å²) in [6.07, 6.45) is 8.82. The number of hydrogen-bond acceptors (Lipinski definition) is 1. The van der Waals surface area contributed by atoms with Gasteiger partial charge in [0, 0.05) is 6.04 Å². The van der Waals surface area contributed by atoms with Crippen LogP contribution in [0.15, 0.2) is 0 Å². The van der Waals surface area contributed by atoms with E-state index in [2.05, 4.69) is 18.7 Å². The van der Waals surface area contributed by atoms with Gasteiger partial charge in [0.15, 0.2) is 0 Å². The van der Waals surface area contributed by atoms with Gasteiger partial charge < -0.3 is 4.90 Å². The zero-order chi connectivity index (χ0) is 9.97. The first-order valence-electron chi connectivity index (χ1n) is 6.51. The van der Waals surface area contributed by atoms with Crippen LogP contribution in [0, 0.1) is 11.8 Å². The molecule has 2 fully saturated rings. The third-order valence-corrected chi connectivity index (χ3v) is 4.34. The van der Waals surface area contributed by atoms with Crippen LogP contribution in [-0.4, -0.2) is 24.0 Å². The second kappa shape index (κ2) is 4.65. The summed E-state index contributed by atoms with van der Waals surface area (Å²) in [6, 6.07) is 0.951. The van der Waals surface area contributed by atoms with E-state index in [4.69, 9.17) is 0 Å². The fraction of sp³-hybridized carbons (Fsp3) is 1.00. The predicted octanol–water partition coefficient (Wildman–Crippen LogP) is 3.30. The van der Waals surface area contributed by atoms with Crippen molar-refractivity contribution in [1.82, 2.24) is 4.90 Å². The SMILES string of the molecule is CC(C)C1CCC(N2CCCC2)CC1. The molecule has 0 aromatic carbocycles. The maximum Gasteiger partial charge on any atom is 0.00954 e. The first-order valence-corrected chi connectivity index (χ1v) is 6.51. The summed E-state index contributed by atoms with van der Waals surface area (Å²) in [5, 5.41) is 0. The van der Waals surface area contributed by atoms with E-state index in [0.29, 0.717) is 0 Å². The lowest BCUT2D eigenvalue weighted by molar-refractivity contribution is 0.146. The van der Waals surface area contributed by atoms with Crippen LogP contribution < -0.4 is 0 Å². The summed E-state index contributed by atoms with van der Waals surface area (Å²) in [6.45, 7) is 7.55. The number of hydrogen-bond donors (Lipinski definition) is 0. The summed E-state index contributed by atoms with van der Waals surface area (Å²) in [4.78, 5) is 2.75. The molecule has 1 heteroatoms. The highest BCUT2D eigenvalue weighted by Crippen LogP contribution is 2.33. The minimum Gasteiger partial charge on any atom is -0.300 e. The Morgan fingerprint density at radius 3 is 2.00 bits per heavy atom. The van der Waals surface area contributed by atoms with Gasteiger partial charge in [-0.2, -0.15) is 0 Å². The number of likely N-dealkylation sites (tertiary alicyclic amines) is 1. The third kappa shape index (κ3) is 2.31. The van der Waals surface area contributed by atoms with Crippen LogP contribution in [0.1, 0.15) is 52.4 Å². The Morgan fingerprint density at radius 2 is 1.50 bits per heavy atom. The van der Waals surface area contributed by atoms with Crippen molar-refractivity contribution in [2.45, 2.75) is 58.4 Å². The molecule has 1 saturated carbocycles. The largest absolute Gasteiger partial charge is 0.300 e. The molecule has 1 nitrogen and oxygen atoms in total. The molecular weight excluding hydrogens is 170 g/mol. The molecule has 0 aromatic heterocycles. The molecule has 0 radical (unpaired) electrons. The highest BCUT2D eigenvalue weighted by molar-refractivity contribution is 4.82. The van der Waals surface area contributed by atoms with Gasteiger partial charge >= 0.3 is 0 Å². The monoisotopic (exact) mass is 195 g/mol. The standard InChI is InChI=1S/C13H25N/c1-11(2)12-5-7-13(8-6-12)14-9-3-4-10-14/h11-13H,3-10H2,1-2H3. The maximum absolute atomic E-state index is 2.75. The lowest BCUT2D eigenvalue weighted by atomic mass is 9.79. The quantitative estimate of drug-likeness (QED) is 0.653. The molecular formula is C13H25N. The summed E-state index contributed by atoms with van der Waals surface area (Å²) in [5.41, 5.74) is 0. The minimum absolute atomic E-state index is 0.912. The van der Waals surface area contributed by atoms with Gasteiger partial charge in [-0.1, -0.05) is 13.8 Å². The van der Waals surface area contributed by atoms with Crippen LogP contribution in [0.3, 0.4) is 0 Å². The summed E-state index contributed by atoms with van der Waals surface area (Å²) >= 11 is 0. The normalized spacial score (nSPS) is 35.4. The van der Waals surface area contributed by atoms with E-state index in [-0.39, 0.29) is 0 Å². The highest BCUT2D eigenvalue weighted by atomic mass is 15.2. The van der Waals surface area contributed by atoms with Crippen molar-refractivity contribution in [3.05, 3.63) is 0 Å². The van der Waals surface area contributed by atoms with Crippen molar-refractivity contribution in [2.24, 2.45) is 11.8 Å². The van der Waals surface area contributed by atoms with E-state index in [1.54, 1.807) is 0 Å².